The summed E-state index contributed by atoms with van der Waals surface area (Å²) >= 11 is 0. The first-order valence-corrected chi connectivity index (χ1v) is 8.58. The molecule has 0 aliphatic carbocycles. The second kappa shape index (κ2) is 7.44. The van der Waals surface area contributed by atoms with Gasteiger partial charge in [0.25, 0.3) is 5.89 Å². The first-order valence-electron chi connectivity index (χ1n) is 8.58. The molecule has 1 aliphatic heterocycles. The predicted molar refractivity (Wildman–Crippen MR) is 93.3 cm³/mol. The lowest BCUT2D eigenvalue weighted by Crippen LogP contribution is -2.34. The fourth-order valence-corrected chi connectivity index (χ4v) is 2.93. The maximum atomic E-state index is 6.09. The number of nitrogens with one attached hydrogen (secondary N) is 1. The fraction of sp³-hybridized carbons (Fsp3) is 0.316. The predicted octanol–water partition coefficient (Wildman–Crippen LogP) is 2.85. The number of rotatable bonds is 5. The van der Waals surface area contributed by atoms with E-state index in [0.717, 1.165) is 37.1 Å². The monoisotopic (exact) mass is 336 g/mol. The van der Waals surface area contributed by atoms with Gasteiger partial charge in [0, 0.05) is 12.6 Å². The van der Waals surface area contributed by atoms with Crippen LogP contribution < -0.4 is 10.1 Å². The maximum Gasteiger partial charge on any atom is 0.263 e. The highest BCUT2D eigenvalue weighted by Crippen LogP contribution is 2.28. The lowest BCUT2D eigenvalue weighted by Gasteiger charge is -2.23. The van der Waals surface area contributed by atoms with E-state index in [-0.39, 0.29) is 6.10 Å². The standard InChI is InChI=1S/C19H20N4O2/c1-2-5-14(6-3-1)13-17-22-19(25-23-17)16-7-4-10-21-18(16)24-15-8-11-20-12-9-15/h1-7,10,15,20H,8-9,11-13H2. The molecule has 1 N–H and O–H groups in total. The maximum absolute atomic E-state index is 6.09. The fourth-order valence-electron chi connectivity index (χ4n) is 2.93. The third-order valence-electron chi connectivity index (χ3n) is 4.24. The summed E-state index contributed by atoms with van der Waals surface area (Å²) in [6.45, 7) is 1.93. The van der Waals surface area contributed by atoms with Gasteiger partial charge >= 0.3 is 0 Å². The van der Waals surface area contributed by atoms with Gasteiger partial charge in [0.1, 0.15) is 11.7 Å². The average Bonchev–Trinajstić information content (AvgIpc) is 3.12. The van der Waals surface area contributed by atoms with Gasteiger partial charge in [0.2, 0.25) is 5.88 Å². The molecule has 3 heterocycles. The molecule has 25 heavy (non-hydrogen) atoms. The van der Waals surface area contributed by atoms with Crippen LogP contribution in [0.5, 0.6) is 5.88 Å². The molecule has 6 heteroatoms. The van der Waals surface area contributed by atoms with Crippen molar-refractivity contribution >= 4 is 0 Å². The molecule has 128 valence electrons. The lowest BCUT2D eigenvalue weighted by molar-refractivity contribution is 0.156. The Hall–Kier alpha value is -2.73. The van der Waals surface area contributed by atoms with Crippen molar-refractivity contribution in [2.75, 3.05) is 13.1 Å². The largest absolute Gasteiger partial charge is 0.474 e. The van der Waals surface area contributed by atoms with Crippen molar-refractivity contribution in [1.82, 2.24) is 20.4 Å². The molecule has 0 unspecified atom stereocenters. The summed E-state index contributed by atoms with van der Waals surface area (Å²) in [5, 5.41) is 7.43. The minimum absolute atomic E-state index is 0.168. The van der Waals surface area contributed by atoms with E-state index < -0.39 is 0 Å². The molecule has 2 aromatic heterocycles. The highest BCUT2D eigenvalue weighted by Gasteiger charge is 2.20. The number of piperidine rings is 1. The molecule has 1 saturated heterocycles. The number of pyridine rings is 1. The molecule has 1 aliphatic rings. The molecule has 0 saturated carbocycles. The third-order valence-corrected chi connectivity index (χ3v) is 4.24. The molecular formula is C19H20N4O2. The van der Waals surface area contributed by atoms with Gasteiger partial charge < -0.3 is 14.6 Å². The summed E-state index contributed by atoms with van der Waals surface area (Å²) < 4.78 is 11.5. The molecule has 0 radical (unpaired) electrons. The number of benzene rings is 1. The lowest BCUT2D eigenvalue weighted by atomic mass is 10.1. The summed E-state index contributed by atoms with van der Waals surface area (Å²) in [5.74, 6) is 1.66. The summed E-state index contributed by atoms with van der Waals surface area (Å²) in [7, 11) is 0. The second-order valence-corrected chi connectivity index (χ2v) is 6.10. The van der Waals surface area contributed by atoms with Gasteiger partial charge in [0.05, 0.1) is 0 Å². The number of aromatic nitrogens is 3. The molecule has 3 aromatic rings. The summed E-state index contributed by atoms with van der Waals surface area (Å²) in [6, 6.07) is 13.8. The first kappa shape index (κ1) is 15.8. The van der Waals surface area contributed by atoms with Gasteiger partial charge in [-0.15, -0.1) is 0 Å². The van der Waals surface area contributed by atoms with Crippen LogP contribution in [0.4, 0.5) is 0 Å². The normalized spacial score (nSPS) is 15.2. The topological polar surface area (TPSA) is 73.1 Å². The summed E-state index contributed by atoms with van der Waals surface area (Å²) in [5.41, 5.74) is 1.89. The minimum atomic E-state index is 0.168. The first-order chi connectivity index (χ1) is 12.4. The van der Waals surface area contributed by atoms with Gasteiger partial charge in [-0.3, -0.25) is 0 Å². The van der Waals surface area contributed by atoms with E-state index in [1.807, 2.05) is 42.5 Å². The smallest absolute Gasteiger partial charge is 0.263 e. The molecule has 1 aromatic carbocycles. The van der Waals surface area contributed by atoms with Crippen molar-refractivity contribution in [1.29, 1.82) is 0 Å². The molecule has 0 atom stereocenters. The van der Waals surface area contributed by atoms with Crippen molar-refractivity contribution in [3.05, 3.63) is 60.0 Å². The third kappa shape index (κ3) is 3.85. The summed E-state index contributed by atoms with van der Waals surface area (Å²) in [4.78, 5) is 8.89. The van der Waals surface area contributed by atoms with Crippen molar-refractivity contribution < 1.29 is 9.26 Å². The van der Waals surface area contributed by atoms with E-state index >= 15 is 0 Å². The number of hydrogen-bond acceptors (Lipinski definition) is 6. The quantitative estimate of drug-likeness (QED) is 0.772. The van der Waals surface area contributed by atoms with Crippen LogP contribution in [0.2, 0.25) is 0 Å². The zero-order chi connectivity index (χ0) is 16.9. The van der Waals surface area contributed by atoms with Crippen molar-refractivity contribution in [2.45, 2.75) is 25.4 Å². The van der Waals surface area contributed by atoms with E-state index in [2.05, 4.69) is 20.4 Å². The van der Waals surface area contributed by atoms with Gasteiger partial charge in [-0.2, -0.15) is 4.98 Å². The van der Waals surface area contributed by atoms with E-state index in [9.17, 15) is 0 Å². The molecule has 0 amide bonds. The van der Waals surface area contributed by atoms with Gasteiger partial charge in [-0.05, 0) is 43.6 Å². The number of ether oxygens (including phenoxy) is 1. The Morgan fingerprint density at radius 3 is 2.76 bits per heavy atom. The summed E-state index contributed by atoms with van der Waals surface area (Å²) in [6.07, 6.45) is 4.47. The molecule has 4 rings (SSSR count). The Labute approximate surface area is 146 Å². The number of hydrogen-bond donors (Lipinski definition) is 1. The van der Waals surface area contributed by atoms with Gasteiger partial charge in [-0.1, -0.05) is 35.5 Å². The van der Waals surface area contributed by atoms with Gasteiger partial charge in [-0.25, -0.2) is 4.98 Å². The van der Waals surface area contributed by atoms with Crippen LogP contribution in [0.1, 0.15) is 24.2 Å². The molecular weight excluding hydrogens is 316 g/mol. The van der Waals surface area contributed by atoms with Crippen LogP contribution in [-0.2, 0) is 6.42 Å². The Balaban J connectivity index is 1.53. The zero-order valence-corrected chi connectivity index (χ0v) is 13.9. The van der Waals surface area contributed by atoms with E-state index in [4.69, 9.17) is 9.26 Å². The highest BCUT2D eigenvalue weighted by atomic mass is 16.5. The van der Waals surface area contributed by atoms with Crippen molar-refractivity contribution in [2.24, 2.45) is 0 Å². The Morgan fingerprint density at radius 1 is 1.08 bits per heavy atom. The highest BCUT2D eigenvalue weighted by molar-refractivity contribution is 5.59. The van der Waals surface area contributed by atoms with E-state index in [1.54, 1.807) is 6.20 Å². The van der Waals surface area contributed by atoms with Crippen molar-refractivity contribution in [3.63, 3.8) is 0 Å². The molecule has 0 bridgehead atoms. The van der Waals surface area contributed by atoms with Crippen LogP contribution in [-0.4, -0.2) is 34.3 Å². The van der Waals surface area contributed by atoms with Crippen LogP contribution in [0.25, 0.3) is 11.5 Å². The van der Waals surface area contributed by atoms with Crippen LogP contribution >= 0.6 is 0 Å². The van der Waals surface area contributed by atoms with Gasteiger partial charge in [0.15, 0.2) is 5.82 Å². The number of nitrogens with zero attached hydrogens (tertiary/aromatic N) is 3. The van der Waals surface area contributed by atoms with Crippen LogP contribution in [0.3, 0.4) is 0 Å². The Kier molecular flexibility index (Phi) is 4.70. The zero-order valence-electron chi connectivity index (χ0n) is 13.9. The van der Waals surface area contributed by atoms with Crippen molar-refractivity contribution in [3.8, 4) is 17.3 Å². The van der Waals surface area contributed by atoms with E-state index in [0.29, 0.717) is 24.0 Å². The second-order valence-electron chi connectivity index (χ2n) is 6.10. The van der Waals surface area contributed by atoms with Crippen LogP contribution in [0.15, 0.2) is 53.2 Å². The average molecular weight is 336 g/mol. The van der Waals surface area contributed by atoms with Crippen LogP contribution in [0, 0.1) is 0 Å². The molecule has 6 nitrogen and oxygen atoms in total. The Morgan fingerprint density at radius 2 is 1.92 bits per heavy atom. The minimum Gasteiger partial charge on any atom is -0.474 e. The SMILES string of the molecule is c1ccc(Cc2noc(-c3cccnc3OC3CCNCC3)n2)cc1. The molecule has 1 fully saturated rings. The Bertz CT molecular complexity index is 813. The van der Waals surface area contributed by atoms with E-state index in [1.165, 1.54) is 0 Å². The molecule has 0 spiro atoms.